The van der Waals surface area contributed by atoms with Crippen LogP contribution < -0.4 is 5.73 Å². The predicted octanol–water partition coefficient (Wildman–Crippen LogP) is 12.5. The predicted molar refractivity (Wildman–Crippen MR) is 214 cm³/mol. The number of ether oxygens (including phenoxy) is 3. The molecule has 0 amide bonds. The summed E-state index contributed by atoms with van der Waals surface area (Å²) in [5.74, 6) is -0.00236. The van der Waals surface area contributed by atoms with Crippen LogP contribution >= 0.6 is 0 Å². The molecule has 0 aliphatic rings. The Morgan fingerprint density at radius 1 is 0.531 bits per heavy atom. The molecular formula is C43H90N2O4. The Bertz CT molecular complexity index is 642. The lowest BCUT2D eigenvalue weighted by molar-refractivity contribution is -0.143. The Kier molecular flexibility index (Phi) is 41.1. The van der Waals surface area contributed by atoms with E-state index in [-0.39, 0.29) is 7.40 Å². The SMILES string of the molecule is CCCCCCCCCOC(=O)CCCCCCCN(CCCN)CCCCCCCCOCOC(CCCCCC)CCCCCCC.[HH]. The van der Waals surface area contributed by atoms with Crippen LogP contribution in [0.25, 0.3) is 0 Å². The van der Waals surface area contributed by atoms with E-state index in [2.05, 4.69) is 25.7 Å². The topological polar surface area (TPSA) is 74.0 Å². The molecule has 0 aromatic rings. The van der Waals surface area contributed by atoms with Gasteiger partial charge in [0.05, 0.1) is 12.7 Å². The highest BCUT2D eigenvalue weighted by atomic mass is 16.7. The zero-order valence-corrected chi connectivity index (χ0v) is 33.6. The first-order valence-electron chi connectivity index (χ1n) is 21.9. The van der Waals surface area contributed by atoms with Gasteiger partial charge in [0.25, 0.3) is 0 Å². The normalized spacial score (nSPS) is 12.3. The molecule has 0 fully saturated rings. The summed E-state index contributed by atoms with van der Waals surface area (Å²) in [6, 6.07) is 0. The van der Waals surface area contributed by atoms with Crippen molar-refractivity contribution in [1.82, 2.24) is 4.90 Å². The molecule has 1 unspecified atom stereocenters. The minimum Gasteiger partial charge on any atom is -0.466 e. The number of hydrogen-bond donors (Lipinski definition) is 1. The van der Waals surface area contributed by atoms with E-state index in [9.17, 15) is 4.79 Å². The van der Waals surface area contributed by atoms with E-state index in [0.717, 1.165) is 51.8 Å². The number of nitrogens with two attached hydrogens (primary N) is 1. The standard InChI is InChI=1S/C43H88N2O4.H2/c1-4-7-10-13-15-23-30-40-48-43(46)34-26-19-17-21-28-37-45(38-31-35-44)36-27-20-14-16-22-29-39-47-41-49-42(32-24-12-9-6-3)33-25-18-11-8-5-2;/h42H,4-41,44H2,1-3H3;1H. The zero-order valence-electron chi connectivity index (χ0n) is 33.6. The Balaban J connectivity index is 0. The third-order valence-electron chi connectivity index (χ3n) is 9.95. The molecular weight excluding hydrogens is 608 g/mol. The van der Waals surface area contributed by atoms with Crippen LogP contribution in [0.15, 0.2) is 0 Å². The van der Waals surface area contributed by atoms with Crippen molar-refractivity contribution >= 4 is 5.97 Å². The Morgan fingerprint density at radius 2 is 0.959 bits per heavy atom. The average molecular weight is 699 g/mol. The smallest absolute Gasteiger partial charge is 0.305 e. The molecule has 0 aliphatic heterocycles. The molecule has 296 valence electrons. The summed E-state index contributed by atoms with van der Waals surface area (Å²) >= 11 is 0. The molecule has 0 heterocycles. The molecule has 6 nitrogen and oxygen atoms in total. The fraction of sp³-hybridized carbons (Fsp3) is 0.977. The number of carbonyl (C=O) groups excluding carboxylic acids is 1. The highest BCUT2D eigenvalue weighted by Gasteiger charge is 2.10. The highest BCUT2D eigenvalue weighted by Crippen LogP contribution is 2.16. The van der Waals surface area contributed by atoms with Gasteiger partial charge in [-0.3, -0.25) is 4.79 Å². The van der Waals surface area contributed by atoms with Gasteiger partial charge in [-0.2, -0.15) is 0 Å². The number of esters is 1. The number of hydrogen-bond acceptors (Lipinski definition) is 6. The van der Waals surface area contributed by atoms with Crippen molar-refractivity contribution in [1.29, 1.82) is 0 Å². The van der Waals surface area contributed by atoms with Crippen LogP contribution in [-0.4, -0.2) is 63.2 Å². The van der Waals surface area contributed by atoms with E-state index >= 15 is 0 Å². The molecule has 0 aromatic heterocycles. The number of nitrogens with zero attached hydrogens (tertiary/aromatic N) is 1. The molecule has 1 atom stereocenters. The second kappa shape index (κ2) is 41.7. The summed E-state index contributed by atoms with van der Waals surface area (Å²) < 4.78 is 17.5. The van der Waals surface area contributed by atoms with Crippen molar-refractivity contribution in [2.45, 2.75) is 226 Å². The maximum absolute atomic E-state index is 12.0. The molecule has 0 rings (SSSR count). The van der Waals surface area contributed by atoms with Crippen LogP contribution in [-0.2, 0) is 19.0 Å². The summed E-state index contributed by atoms with van der Waals surface area (Å²) in [5.41, 5.74) is 5.83. The summed E-state index contributed by atoms with van der Waals surface area (Å²) in [6.07, 6.45) is 38.6. The first-order valence-corrected chi connectivity index (χ1v) is 21.9. The van der Waals surface area contributed by atoms with Crippen LogP contribution in [0.3, 0.4) is 0 Å². The summed E-state index contributed by atoms with van der Waals surface area (Å²) in [7, 11) is 0. The summed E-state index contributed by atoms with van der Waals surface area (Å²) in [5, 5.41) is 0. The van der Waals surface area contributed by atoms with Gasteiger partial charge in [0.15, 0.2) is 0 Å². The Hall–Kier alpha value is -0.690. The van der Waals surface area contributed by atoms with E-state index in [0.29, 0.717) is 25.9 Å². The monoisotopic (exact) mass is 699 g/mol. The molecule has 0 saturated heterocycles. The van der Waals surface area contributed by atoms with Gasteiger partial charge in [-0.05, 0) is 77.5 Å². The molecule has 0 bridgehead atoms. The van der Waals surface area contributed by atoms with E-state index in [1.807, 2.05) is 0 Å². The lowest BCUT2D eigenvalue weighted by atomic mass is 10.0. The molecule has 0 aromatic carbocycles. The third kappa shape index (κ3) is 38.4. The van der Waals surface area contributed by atoms with Gasteiger partial charge in [0.1, 0.15) is 6.79 Å². The van der Waals surface area contributed by atoms with Gasteiger partial charge >= 0.3 is 5.97 Å². The van der Waals surface area contributed by atoms with Gasteiger partial charge in [-0.1, -0.05) is 162 Å². The maximum atomic E-state index is 12.0. The second-order valence-electron chi connectivity index (χ2n) is 14.8. The van der Waals surface area contributed by atoms with E-state index in [4.69, 9.17) is 19.9 Å². The van der Waals surface area contributed by atoms with Crippen LogP contribution in [0.2, 0.25) is 0 Å². The molecule has 0 spiro atoms. The number of carbonyl (C=O) groups is 1. The van der Waals surface area contributed by atoms with E-state index in [1.54, 1.807) is 0 Å². The van der Waals surface area contributed by atoms with Crippen LogP contribution in [0.4, 0.5) is 0 Å². The number of unbranched alkanes of at least 4 members (excludes halogenated alkanes) is 22. The van der Waals surface area contributed by atoms with Crippen molar-refractivity contribution in [3.63, 3.8) is 0 Å². The van der Waals surface area contributed by atoms with Crippen LogP contribution in [0.1, 0.15) is 221 Å². The van der Waals surface area contributed by atoms with Gasteiger partial charge in [-0.15, -0.1) is 0 Å². The maximum Gasteiger partial charge on any atom is 0.305 e. The summed E-state index contributed by atoms with van der Waals surface area (Å²) in [6.45, 7) is 13.0. The van der Waals surface area contributed by atoms with E-state index in [1.165, 1.54) is 174 Å². The van der Waals surface area contributed by atoms with Crippen LogP contribution in [0.5, 0.6) is 0 Å². The third-order valence-corrected chi connectivity index (χ3v) is 9.95. The molecule has 0 radical (unpaired) electrons. The fourth-order valence-corrected chi connectivity index (χ4v) is 6.64. The minimum atomic E-state index is -0.00236. The van der Waals surface area contributed by atoms with Crippen molar-refractivity contribution in [2.24, 2.45) is 5.73 Å². The van der Waals surface area contributed by atoms with Crippen molar-refractivity contribution in [2.75, 3.05) is 46.2 Å². The molecule has 0 aliphatic carbocycles. The zero-order chi connectivity index (χ0) is 35.7. The first kappa shape index (κ1) is 48.3. The van der Waals surface area contributed by atoms with Gasteiger partial charge in [0.2, 0.25) is 0 Å². The second-order valence-corrected chi connectivity index (χ2v) is 14.8. The summed E-state index contributed by atoms with van der Waals surface area (Å²) in [4.78, 5) is 14.6. The van der Waals surface area contributed by atoms with E-state index < -0.39 is 0 Å². The molecule has 6 heteroatoms. The molecule has 0 saturated carbocycles. The van der Waals surface area contributed by atoms with Crippen LogP contribution in [0, 0.1) is 0 Å². The van der Waals surface area contributed by atoms with Crippen molar-refractivity contribution in [3.05, 3.63) is 0 Å². The first-order chi connectivity index (χ1) is 24.2. The quantitative estimate of drug-likeness (QED) is 0.0388. The van der Waals surface area contributed by atoms with Crippen molar-refractivity contribution in [3.8, 4) is 0 Å². The van der Waals surface area contributed by atoms with Gasteiger partial charge < -0.3 is 24.8 Å². The van der Waals surface area contributed by atoms with Gasteiger partial charge in [-0.25, -0.2) is 0 Å². The molecule has 49 heavy (non-hydrogen) atoms. The lowest BCUT2D eigenvalue weighted by Crippen LogP contribution is -2.28. The fourth-order valence-electron chi connectivity index (χ4n) is 6.64. The largest absolute Gasteiger partial charge is 0.466 e. The Labute approximate surface area is 308 Å². The van der Waals surface area contributed by atoms with Crippen molar-refractivity contribution < 1.29 is 20.4 Å². The lowest BCUT2D eigenvalue weighted by Gasteiger charge is -2.22. The minimum absolute atomic E-state index is 0. The molecule has 2 N–H and O–H groups in total. The highest BCUT2D eigenvalue weighted by molar-refractivity contribution is 5.69. The average Bonchev–Trinajstić information content (AvgIpc) is 3.11. The van der Waals surface area contributed by atoms with Gasteiger partial charge in [0, 0.05) is 14.5 Å². The number of rotatable bonds is 42. The Morgan fingerprint density at radius 3 is 1.51 bits per heavy atom.